The van der Waals surface area contributed by atoms with E-state index in [4.69, 9.17) is 4.74 Å². The Balaban J connectivity index is 1.90. The number of hydrogen-bond acceptors (Lipinski definition) is 5. The van der Waals surface area contributed by atoms with Crippen molar-refractivity contribution >= 4 is 35.2 Å². The van der Waals surface area contributed by atoms with Crippen molar-refractivity contribution < 1.29 is 19.1 Å². The fourth-order valence-electron chi connectivity index (χ4n) is 2.36. The third kappa shape index (κ3) is 4.74. The molecule has 0 aliphatic carbocycles. The number of benzene rings is 1. The molecule has 1 heterocycles. The molecular formula is C17H22N2O4S. The Morgan fingerprint density at radius 3 is 2.79 bits per heavy atom. The average molecular weight is 350 g/mol. The van der Waals surface area contributed by atoms with Crippen LogP contribution in [-0.4, -0.2) is 41.4 Å². The van der Waals surface area contributed by atoms with Gasteiger partial charge in [0.25, 0.3) is 0 Å². The van der Waals surface area contributed by atoms with Crippen molar-refractivity contribution in [2.75, 3.05) is 17.7 Å². The topological polar surface area (TPSA) is 84.5 Å². The third-order valence-electron chi connectivity index (χ3n) is 3.68. The average Bonchev–Trinajstić information content (AvgIpc) is 2.53. The van der Waals surface area contributed by atoms with Gasteiger partial charge in [-0.15, -0.1) is 11.8 Å². The van der Waals surface area contributed by atoms with E-state index in [2.05, 4.69) is 10.6 Å². The second kappa shape index (κ2) is 8.19. The van der Waals surface area contributed by atoms with Crippen LogP contribution in [0.4, 0.5) is 5.69 Å². The van der Waals surface area contributed by atoms with E-state index in [0.29, 0.717) is 5.75 Å². The van der Waals surface area contributed by atoms with Gasteiger partial charge in [0.15, 0.2) is 0 Å². The first-order valence-corrected chi connectivity index (χ1v) is 8.91. The number of nitrogens with one attached hydrogen (secondary N) is 2. The number of aryl methyl sites for hydroxylation is 2. The quantitative estimate of drug-likeness (QED) is 0.791. The Bertz CT molecular complexity index is 647. The molecule has 2 rings (SSSR count). The first-order chi connectivity index (χ1) is 11.4. The molecule has 2 atom stereocenters. The molecule has 0 radical (unpaired) electrons. The summed E-state index contributed by atoms with van der Waals surface area (Å²) in [5, 5.41) is 4.98. The van der Waals surface area contributed by atoms with Gasteiger partial charge in [-0.1, -0.05) is 12.1 Å². The van der Waals surface area contributed by atoms with Gasteiger partial charge < -0.3 is 15.4 Å². The molecule has 24 heavy (non-hydrogen) atoms. The van der Waals surface area contributed by atoms with Crippen molar-refractivity contribution in [2.45, 2.75) is 38.5 Å². The maximum atomic E-state index is 12.2. The molecular weight excluding hydrogens is 328 g/mol. The van der Waals surface area contributed by atoms with Crippen molar-refractivity contribution in [3.8, 4) is 0 Å². The number of amides is 2. The van der Waals surface area contributed by atoms with E-state index in [0.717, 1.165) is 16.8 Å². The van der Waals surface area contributed by atoms with E-state index >= 15 is 0 Å². The summed E-state index contributed by atoms with van der Waals surface area (Å²) in [6.07, 6.45) is 0.0689. The SMILES string of the molecule is CCOC(=O)[C@H]1CS[C@H](CC(=O)Nc2cc(C)ccc2C)C(=O)N1. The van der Waals surface area contributed by atoms with Crippen LogP contribution < -0.4 is 10.6 Å². The molecule has 1 aromatic rings. The maximum Gasteiger partial charge on any atom is 0.329 e. The predicted octanol–water partition coefficient (Wildman–Crippen LogP) is 1.80. The minimum atomic E-state index is -0.638. The first-order valence-electron chi connectivity index (χ1n) is 7.86. The largest absolute Gasteiger partial charge is 0.464 e. The minimum absolute atomic E-state index is 0.0689. The number of ether oxygens (including phenoxy) is 1. The Morgan fingerprint density at radius 1 is 1.38 bits per heavy atom. The van der Waals surface area contributed by atoms with Crippen LogP contribution in [0.2, 0.25) is 0 Å². The molecule has 0 spiro atoms. The van der Waals surface area contributed by atoms with Crippen molar-refractivity contribution in [3.05, 3.63) is 29.3 Å². The summed E-state index contributed by atoms with van der Waals surface area (Å²) >= 11 is 1.31. The van der Waals surface area contributed by atoms with Gasteiger partial charge in [0, 0.05) is 17.9 Å². The zero-order chi connectivity index (χ0) is 17.7. The number of carbonyl (C=O) groups excluding carboxylic acids is 3. The normalized spacial score (nSPS) is 20.2. The second-order valence-corrected chi connectivity index (χ2v) is 6.94. The van der Waals surface area contributed by atoms with Crippen LogP contribution in [0.5, 0.6) is 0 Å². The summed E-state index contributed by atoms with van der Waals surface area (Å²) in [7, 11) is 0. The lowest BCUT2D eigenvalue weighted by Crippen LogP contribution is -2.51. The van der Waals surface area contributed by atoms with Gasteiger partial charge in [-0.3, -0.25) is 9.59 Å². The predicted molar refractivity (Wildman–Crippen MR) is 94.0 cm³/mol. The zero-order valence-electron chi connectivity index (χ0n) is 14.0. The van der Waals surface area contributed by atoms with E-state index in [1.807, 2.05) is 32.0 Å². The Hall–Kier alpha value is -2.02. The molecule has 1 aliphatic rings. The van der Waals surface area contributed by atoms with E-state index in [-0.39, 0.29) is 24.8 Å². The molecule has 2 N–H and O–H groups in total. The lowest BCUT2D eigenvalue weighted by Gasteiger charge is -2.27. The highest BCUT2D eigenvalue weighted by molar-refractivity contribution is 8.00. The second-order valence-electron chi connectivity index (χ2n) is 5.71. The molecule has 6 nitrogen and oxygen atoms in total. The van der Waals surface area contributed by atoms with Crippen LogP contribution in [-0.2, 0) is 19.1 Å². The highest BCUT2D eigenvalue weighted by atomic mass is 32.2. The highest BCUT2D eigenvalue weighted by Gasteiger charge is 2.34. The summed E-state index contributed by atoms with van der Waals surface area (Å²) in [6.45, 7) is 5.86. The summed E-state index contributed by atoms with van der Waals surface area (Å²) in [5.74, 6) is -0.547. The van der Waals surface area contributed by atoms with Crippen LogP contribution in [0.25, 0.3) is 0 Å². The van der Waals surface area contributed by atoms with Crippen LogP contribution in [0.15, 0.2) is 18.2 Å². The van der Waals surface area contributed by atoms with Gasteiger partial charge >= 0.3 is 5.97 Å². The Morgan fingerprint density at radius 2 is 2.12 bits per heavy atom. The lowest BCUT2D eigenvalue weighted by molar-refractivity contribution is -0.146. The van der Waals surface area contributed by atoms with Crippen molar-refractivity contribution in [3.63, 3.8) is 0 Å². The summed E-state index contributed by atoms with van der Waals surface area (Å²) in [4.78, 5) is 36.0. The van der Waals surface area contributed by atoms with E-state index in [1.165, 1.54) is 11.8 Å². The van der Waals surface area contributed by atoms with Crippen molar-refractivity contribution in [1.82, 2.24) is 5.32 Å². The molecule has 1 saturated heterocycles. The van der Waals surface area contributed by atoms with Gasteiger partial charge in [-0.05, 0) is 38.0 Å². The van der Waals surface area contributed by atoms with Gasteiger partial charge in [-0.2, -0.15) is 0 Å². The number of rotatable bonds is 5. The zero-order valence-corrected chi connectivity index (χ0v) is 14.9. The molecule has 0 bridgehead atoms. The highest BCUT2D eigenvalue weighted by Crippen LogP contribution is 2.23. The first kappa shape index (κ1) is 18.3. The van der Waals surface area contributed by atoms with Crippen LogP contribution in [0.3, 0.4) is 0 Å². The summed E-state index contributed by atoms with van der Waals surface area (Å²) in [6, 6.07) is 5.18. The molecule has 7 heteroatoms. The number of thioether (sulfide) groups is 1. The fraction of sp³-hybridized carbons (Fsp3) is 0.471. The molecule has 1 aliphatic heterocycles. The van der Waals surface area contributed by atoms with Crippen LogP contribution in [0, 0.1) is 13.8 Å². The molecule has 130 valence electrons. The monoisotopic (exact) mass is 350 g/mol. The Labute approximate surface area is 145 Å². The van der Waals surface area contributed by atoms with Crippen molar-refractivity contribution in [2.24, 2.45) is 0 Å². The Kier molecular flexibility index (Phi) is 6.25. The number of hydrogen-bond donors (Lipinski definition) is 2. The molecule has 0 saturated carbocycles. The van der Waals surface area contributed by atoms with Gasteiger partial charge in [0.2, 0.25) is 11.8 Å². The van der Waals surface area contributed by atoms with Crippen LogP contribution in [0.1, 0.15) is 24.5 Å². The van der Waals surface area contributed by atoms with Crippen LogP contribution >= 0.6 is 11.8 Å². The van der Waals surface area contributed by atoms with Gasteiger partial charge in [0.05, 0.1) is 11.9 Å². The van der Waals surface area contributed by atoms with Gasteiger partial charge in [-0.25, -0.2) is 4.79 Å². The van der Waals surface area contributed by atoms with Gasteiger partial charge in [0.1, 0.15) is 6.04 Å². The lowest BCUT2D eigenvalue weighted by atomic mass is 10.1. The standard InChI is InChI=1S/C17H22N2O4S/c1-4-23-17(22)13-9-24-14(16(21)19-13)8-15(20)18-12-7-10(2)5-6-11(12)3/h5-7,13-14H,4,8-9H2,1-3H3,(H,18,20)(H,19,21)/t13-,14-/m1/s1. The molecule has 0 aromatic heterocycles. The molecule has 1 aromatic carbocycles. The summed E-state index contributed by atoms with van der Waals surface area (Å²) in [5.41, 5.74) is 2.78. The molecule has 0 unspecified atom stereocenters. The molecule has 2 amide bonds. The number of carbonyl (C=O) groups is 3. The minimum Gasteiger partial charge on any atom is -0.464 e. The van der Waals surface area contributed by atoms with E-state index in [9.17, 15) is 14.4 Å². The van der Waals surface area contributed by atoms with E-state index in [1.54, 1.807) is 6.92 Å². The van der Waals surface area contributed by atoms with E-state index < -0.39 is 17.3 Å². The molecule has 1 fully saturated rings. The fourth-order valence-corrected chi connectivity index (χ4v) is 3.49. The number of esters is 1. The number of anilines is 1. The summed E-state index contributed by atoms with van der Waals surface area (Å²) < 4.78 is 4.90. The maximum absolute atomic E-state index is 12.2. The third-order valence-corrected chi connectivity index (χ3v) is 4.99. The van der Waals surface area contributed by atoms with Crippen molar-refractivity contribution in [1.29, 1.82) is 0 Å². The smallest absolute Gasteiger partial charge is 0.329 e.